The Morgan fingerprint density at radius 1 is 0.667 bits per heavy atom. The molecule has 0 aromatic carbocycles. The van der Waals surface area contributed by atoms with E-state index in [1.807, 2.05) is 11.3 Å². The molecule has 0 bridgehead atoms. The second-order valence-corrected chi connectivity index (χ2v) is 10.3. The molecule has 0 saturated carbocycles. The lowest BCUT2D eigenvalue weighted by atomic mass is 9.97. The fraction of sp³-hybridized carbons (Fsp3) is 0.593. The summed E-state index contributed by atoms with van der Waals surface area (Å²) >= 11 is 3.60. The highest BCUT2D eigenvalue weighted by Crippen LogP contribution is 2.34. The number of rotatable bonds is 15. The molecule has 0 aliphatic heterocycles. The van der Waals surface area contributed by atoms with Gasteiger partial charge in [-0.3, -0.25) is 4.79 Å². The second kappa shape index (κ2) is 14.0. The Kier molecular flexibility index (Phi) is 11.7. The predicted molar refractivity (Wildman–Crippen MR) is 137 cm³/mol. The van der Waals surface area contributed by atoms with Crippen LogP contribution >= 0.6 is 22.7 Å². The molecule has 2 rings (SSSR count). The number of carbonyl (C=O) groups is 1. The number of thiophene rings is 2. The SMILES string of the molecule is CCCCc1csc(C=Cc2sc(C=O)c(CCCC)c2CCCC)c1CCCC. The van der Waals surface area contributed by atoms with E-state index in [0.29, 0.717) is 0 Å². The summed E-state index contributed by atoms with van der Waals surface area (Å²) in [5.41, 5.74) is 5.89. The van der Waals surface area contributed by atoms with Gasteiger partial charge in [0.05, 0.1) is 4.88 Å². The number of carbonyl (C=O) groups excluding carboxylic acids is 1. The molecule has 0 saturated heterocycles. The number of hydrogen-bond donors (Lipinski definition) is 0. The average molecular weight is 445 g/mol. The van der Waals surface area contributed by atoms with Crippen LogP contribution in [0.3, 0.4) is 0 Å². The van der Waals surface area contributed by atoms with Crippen LogP contribution in [0.2, 0.25) is 0 Å². The molecule has 166 valence electrons. The first kappa shape index (κ1) is 25.1. The third-order valence-electron chi connectivity index (χ3n) is 5.83. The van der Waals surface area contributed by atoms with E-state index in [9.17, 15) is 4.79 Å². The molecule has 0 fully saturated rings. The van der Waals surface area contributed by atoms with Crippen LogP contribution in [0.1, 0.15) is 121 Å². The number of hydrogen-bond acceptors (Lipinski definition) is 3. The standard InChI is InChI=1S/C27H40OS2/c1-5-9-13-21-20-29-25(22(21)14-10-6-2)17-18-26-23(15-11-7-3)24(16-12-8-4)27(19-28)30-26/h17-20H,5-16H2,1-4H3. The van der Waals surface area contributed by atoms with Gasteiger partial charge in [-0.25, -0.2) is 0 Å². The molecule has 0 unspecified atom stereocenters. The van der Waals surface area contributed by atoms with Crippen molar-refractivity contribution in [3.63, 3.8) is 0 Å². The van der Waals surface area contributed by atoms with Crippen molar-refractivity contribution in [2.24, 2.45) is 0 Å². The van der Waals surface area contributed by atoms with Crippen LogP contribution < -0.4 is 0 Å². The van der Waals surface area contributed by atoms with Crippen LogP contribution in [0.15, 0.2) is 5.38 Å². The lowest BCUT2D eigenvalue weighted by Gasteiger charge is -2.07. The van der Waals surface area contributed by atoms with Crippen LogP contribution in [-0.4, -0.2) is 6.29 Å². The number of aryl methyl sites for hydroxylation is 1. The van der Waals surface area contributed by atoms with E-state index in [1.54, 1.807) is 22.5 Å². The van der Waals surface area contributed by atoms with Gasteiger partial charge in [-0.2, -0.15) is 0 Å². The Balaban J connectivity index is 2.36. The van der Waals surface area contributed by atoms with Gasteiger partial charge >= 0.3 is 0 Å². The topological polar surface area (TPSA) is 17.1 Å². The van der Waals surface area contributed by atoms with Crippen LogP contribution in [0.4, 0.5) is 0 Å². The summed E-state index contributed by atoms with van der Waals surface area (Å²) in [6.45, 7) is 9.02. The maximum absolute atomic E-state index is 11.8. The molecule has 2 aromatic rings. The molecule has 30 heavy (non-hydrogen) atoms. The van der Waals surface area contributed by atoms with Crippen molar-refractivity contribution in [3.8, 4) is 0 Å². The molecular weight excluding hydrogens is 404 g/mol. The minimum absolute atomic E-state index is 0.954. The van der Waals surface area contributed by atoms with Crippen molar-refractivity contribution < 1.29 is 4.79 Å². The highest BCUT2D eigenvalue weighted by atomic mass is 32.1. The quantitative estimate of drug-likeness (QED) is 0.250. The average Bonchev–Trinajstić information content (AvgIpc) is 3.31. The van der Waals surface area contributed by atoms with E-state index >= 15 is 0 Å². The maximum atomic E-state index is 11.8. The van der Waals surface area contributed by atoms with Crippen LogP contribution in [0, 0.1) is 0 Å². The molecule has 2 heterocycles. The van der Waals surface area contributed by atoms with Crippen LogP contribution in [0.5, 0.6) is 0 Å². The molecule has 1 nitrogen and oxygen atoms in total. The lowest BCUT2D eigenvalue weighted by molar-refractivity contribution is 0.112. The molecule has 0 atom stereocenters. The monoisotopic (exact) mass is 444 g/mol. The Morgan fingerprint density at radius 3 is 1.73 bits per heavy atom. The Labute approximate surface area is 192 Å². The first-order chi connectivity index (χ1) is 14.7. The van der Waals surface area contributed by atoms with E-state index in [0.717, 1.165) is 30.4 Å². The van der Waals surface area contributed by atoms with Gasteiger partial charge in [0, 0.05) is 9.75 Å². The summed E-state index contributed by atoms with van der Waals surface area (Å²) in [7, 11) is 0. The van der Waals surface area contributed by atoms with Gasteiger partial charge in [-0.1, -0.05) is 53.4 Å². The molecule has 0 spiro atoms. The fourth-order valence-electron chi connectivity index (χ4n) is 3.96. The van der Waals surface area contributed by atoms with E-state index in [-0.39, 0.29) is 0 Å². The zero-order valence-corrected chi connectivity index (χ0v) is 21.2. The minimum Gasteiger partial charge on any atom is -0.297 e. The van der Waals surface area contributed by atoms with Gasteiger partial charge in [-0.15, -0.1) is 22.7 Å². The zero-order valence-electron chi connectivity index (χ0n) is 19.5. The predicted octanol–water partition coefficient (Wildman–Crippen LogP) is 9.16. The molecule has 0 amide bonds. The Morgan fingerprint density at radius 2 is 1.17 bits per heavy atom. The highest BCUT2D eigenvalue weighted by Gasteiger charge is 2.16. The minimum atomic E-state index is 0.954. The van der Waals surface area contributed by atoms with Crippen molar-refractivity contribution in [1.82, 2.24) is 0 Å². The van der Waals surface area contributed by atoms with E-state index in [2.05, 4.69) is 45.2 Å². The van der Waals surface area contributed by atoms with Gasteiger partial charge in [0.25, 0.3) is 0 Å². The lowest BCUT2D eigenvalue weighted by Crippen LogP contribution is -1.95. The van der Waals surface area contributed by atoms with Gasteiger partial charge in [0.1, 0.15) is 0 Å². The van der Waals surface area contributed by atoms with E-state index < -0.39 is 0 Å². The fourth-order valence-corrected chi connectivity index (χ4v) is 6.13. The first-order valence-corrected chi connectivity index (χ1v) is 13.8. The number of unbranched alkanes of at least 4 members (excludes halogenated alkanes) is 4. The summed E-state index contributed by atoms with van der Waals surface area (Å²) in [4.78, 5) is 15.5. The summed E-state index contributed by atoms with van der Waals surface area (Å²) in [6, 6.07) is 0. The molecule has 0 N–H and O–H groups in total. The number of aldehydes is 1. The summed E-state index contributed by atoms with van der Waals surface area (Å²) in [6.07, 6.45) is 20.0. The van der Waals surface area contributed by atoms with Crippen molar-refractivity contribution in [1.29, 1.82) is 0 Å². The first-order valence-electron chi connectivity index (χ1n) is 12.1. The third-order valence-corrected chi connectivity index (χ3v) is 8.03. The third kappa shape index (κ3) is 6.92. The second-order valence-electron chi connectivity index (χ2n) is 8.26. The molecule has 0 aliphatic rings. The van der Waals surface area contributed by atoms with Crippen LogP contribution in [-0.2, 0) is 25.7 Å². The van der Waals surface area contributed by atoms with Gasteiger partial charge < -0.3 is 0 Å². The Bertz CT molecular complexity index is 794. The van der Waals surface area contributed by atoms with E-state index in [4.69, 9.17) is 0 Å². The molecule has 0 aliphatic carbocycles. The van der Waals surface area contributed by atoms with Crippen molar-refractivity contribution in [2.45, 2.75) is 105 Å². The van der Waals surface area contributed by atoms with Crippen molar-refractivity contribution in [3.05, 3.63) is 42.3 Å². The summed E-state index contributed by atoms with van der Waals surface area (Å²) in [5.74, 6) is 0. The van der Waals surface area contributed by atoms with E-state index in [1.165, 1.54) is 78.7 Å². The maximum Gasteiger partial charge on any atom is 0.160 e. The molecular formula is C27H40OS2. The summed E-state index contributed by atoms with van der Waals surface area (Å²) in [5, 5.41) is 2.39. The van der Waals surface area contributed by atoms with Crippen LogP contribution in [0.25, 0.3) is 12.2 Å². The molecule has 0 radical (unpaired) electrons. The Hall–Kier alpha value is -1.19. The van der Waals surface area contributed by atoms with Gasteiger partial charge in [0.2, 0.25) is 0 Å². The smallest absolute Gasteiger partial charge is 0.160 e. The summed E-state index contributed by atoms with van der Waals surface area (Å²) < 4.78 is 0. The molecule has 3 heteroatoms. The van der Waals surface area contributed by atoms with Crippen molar-refractivity contribution in [2.75, 3.05) is 0 Å². The molecule has 2 aromatic heterocycles. The normalized spacial score (nSPS) is 11.6. The largest absolute Gasteiger partial charge is 0.297 e. The van der Waals surface area contributed by atoms with Gasteiger partial charge in [0.15, 0.2) is 6.29 Å². The highest BCUT2D eigenvalue weighted by molar-refractivity contribution is 7.15. The van der Waals surface area contributed by atoms with Crippen molar-refractivity contribution >= 4 is 41.1 Å². The zero-order chi connectivity index (χ0) is 21.8. The van der Waals surface area contributed by atoms with Gasteiger partial charge in [-0.05, 0) is 91.2 Å².